The lowest BCUT2D eigenvalue weighted by Crippen LogP contribution is -2.19. The molecule has 0 aliphatic rings. The quantitative estimate of drug-likeness (QED) is 0.780. The molecule has 2 N–H and O–H groups in total. The lowest BCUT2D eigenvalue weighted by Gasteiger charge is -2.02. The number of carboxylic acid groups (broad SMARTS) is 1. The molecule has 0 radical (unpaired) electrons. The monoisotopic (exact) mass is 264 g/mol. The summed E-state index contributed by atoms with van der Waals surface area (Å²) < 4.78 is 2.74. The molecule has 0 atom stereocenters. The summed E-state index contributed by atoms with van der Waals surface area (Å²) in [7, 11) is 1.75. The van der Waals surface area contributed by atoms with Gasteiger partial charge in [-0.1, -0.05) is 5.21 Å². The van der Waals surface area contributed by atoms with Gasteiger partial charge in [-0.05, 0) is 6.92 Å². The van der Waals surface area contributed by atoms with Crippen LogP contribution in [0.4, 0.5) is 5.69 Å². The van der Waals surface area contributed by atoms with Crippen LogP contribution in [0.1, 0.15) is 16.2 Å². The number of hydrogen-bond acceptors (Lipinski definition) is 5. The lowest BCUT2D eigenvalue weighted by molar-refractivity contribution is -0.116. The van der Waals surface area contributed by atoms with Gasteiger partial charge in [0.1, 0.15) is 6.54 Å². The van der Waals surface area contributed by atoms with Gasteiger partial charge < -0.3 is 10.4 Å². The summed E-state index contributed by atoms with van der Waals surface area (Å²) in [5.74, 6) is -1.52. The Morgan fingerprint density at radius 3 is 2.68 bits per heavy atom. The average Bonchev–Trinajstić information content (AvgIpc) is 2.87. The first kappa shape index (κ1) is 12.7. The van der Waals surface area contributed by atoms with Gasteiger partial charge >= 0.3 is 5.97 Å². The van der Waals surface area contributed by atoms with E-state index >= 15 is 0 Å². The number of aromatic nitrogens is 5. The molecule has 0 aliphatic carbocycles. The lowest BCUT2D eigenvalue weighted by atomic mass is 10.4. The van der Waals surface area contributed by atoms with E-state index in [0.29, 0.717) is 11.4 Å². The van der Waals surface area contributed by atoms with Crippen molar-refractivity contribution in [2.45, 2.75) is 13.5 Å². The van der Waals surface area contributed by atoms with Crippen molar-refractivity contribution in [1.29, 1.82) is 0 Å². The number of nitrogens with zero attached hydrogens (tertiary/aromatic N) is 5. The SMILES string of the molecule is Cc1nn(C)cc1NC(=O)Cn1cc(C(=O)O)nn1. The van der Waals surface area contributed by atoms with Crippen LogP contribution in [0.5, 0.6) is 0 Å². The predicted molar refractivity (Wildman–Crippen MR) is 63.6 cm³/mol. The molecule has 9 nitrogen and oxygen atoms in total. The van der Waals surface area contributed by atoms with Crippen LogP contribution in [0.25, 0.3) is 0 Å². The Hall–Kier alpha value is -2.71. The molecule has 100 valence electrons. The third-order valence-electron chi connectivity index (χ3n) is 2.35. The van der Waals surface area contributed by atoms with Gasteiger partial charge in [0.2, 0.25) is 5.91 Å². The molecule has 19 heavy (non-hydrogen) atoms. The fourth-order valence-electron chi connectivity index (χ4n) is 1.53. The highest BCUT2D eigenvalue weighted by atomic mass is 16.4. The summed E-state index contributed by atoms with van der Waals surface area (Å²) >= 11 is 0. The summed E-state index contributed by atoms with van der Waals surface area (Å²) in [5.41, 5.74) is 1.09. The summed E-state index contributed by atoms with van der Waals surface area (Å²) in [5, 5.41) is 22.4. The molecule has 0 fully saturated rings. The van der Waals surface area contributed by atoms with Gasteiger partial charge in [0, 0.05) is 13.2 Å². The topological polar surface area (TPSA) is 115 Å². The first-order valence-electron chi connectivity index (χ1n) is 5.39. The van der Waals surface area contributed by atoms with Gasteiger partial charge in [-0.25, -0.2) is 9.48 Å². The van der Waals surface area contributed by atoms with Crippen molar-refractivity contribution in [2.75, 3.05) is 5.32 Å². The Labute approximate surface area is 107 Å². The second-order valence-corrected chi connectivity index (χ2v) is 3.96. The zero-order valence-electron chi connectivity index (χ0n) is 10.4. The molecule has 0 saturated carbocycles. The van der Waals surface area contributed by atoms with E-state index in [1.807, 2.05) is 0 Å². The summed E-state index contributed by atoms with van der Waals surface area (Å²) in [6, 6.07) is 0. The van der Waals surface area contributed by atoms with Crippen LogP contribution >= 0.6 is 0 Å². The Bertz CT molecular complexity index is 629. The number of hydrogen-bond donors (Lipinski definition) is 2. The van der Waals surface area contributed by atoms with Crippen molar-refractivity contribution in [3.05, 3.63) is 23.8 Å². The third-order valence-corrected chi connectivity index (χ3v) is 2.35. The Balaban J connectivity index is 2.01. The number of anilines is 1. The molecule has 1 amide bonds. The number of rotatable bonds is 4. The van der Waals surface area contributed by atoms with Crippen LogP contribution in [0.2, 0.25) is 0 Å². The summed E-state index contributed by atoms with van der Waals surface area (Å²) in [6.07, 6.45) is 2.87. The van der Waals surface area contributed by atoms with Gasteiger partial charge in [0.25, 0.3) is 0 Å². The Morgan fingerprint density at radius 1 is 1.42 bits per heavy atom. The second-order valence-electron chi connectivity index (χ2n) is 3.96. The summed E-state index contributed by atoms with van der Waals surface area (Å²) in [6.45, 7) is 1.65. The fraction of sp³-hybridized carbons (Fsp3) is 0.300. The summed E-state index contributed by atoms with van der Waals surface area (Å²) in [4.78, 5) is 22.3. The van der Waals surface area contributed by atoms with Gasteiger partial charge in [0.15, 0.2) is 5.69 Å². The maximum Gasteiger partial charge on any atom is 0.358 e. The first-order valence-corrected chi connectivity index (χ1v) is 5.39. The Kier molecular flexibility index (Phi) is 3.27. The molecule has 2 aromatic rings. The van der Waals surface area contributed by atoms with Crippen molar-refractivity contribution < 1.29 is 14.7 Å². The van der Waals surface area contributed by atoms with E-state index in [0.717, 1.165) is 4.68 Å². The molecule has 2 heterocycles. The van der Waals surface area contributed by atoms with E-state index in [1.54, 1.807) is 24.9 Å². The minimum atomic E-state index is -1.19. The van der Waals surface area contributed by atoms with Crippen molar-refractivity contribution >= 4 is 17.6 Å². The first-order chi connectivity index (χ1) is 8.95. The maximum absolute atomic E-state index is 11.7. The minimum Gasteiger partial charge on any atom is -0.476 e. The van der Waals surface area contributed by atoms with Crippen molar-refractivity contribution in [1.82, 2.24) is 24.8 Å². The molecule has 0 aliphatic heterocycles. The highest BCUT2D eigenvalue weighted by Crippen LogP contribution is 2.11. The van der Waals surface area contributed by atoms with Gasteiger partial charge in [-0.3, -0.25) is 9.48 Å². The third kappa shape index (κ3) is 2.94. The van der Waals surface area contributed by atoms with Crippen molar-refractivity contribution in [3.63, 3.8) is 0 Å². The minimum absolute atomic E-state index is 0.116. The van der Waals surface area contributed by atoms with Crippen LogP contribution in [-0.2, 0) is 18.4 Å². The van der Waals surface area contributed by atoms with Crippen molar-refractivity contribution in [3.8, 4) is 0 Å². The van der Waals surface area contributed by atoms with Crippen LogP contribution in [-0.4, -0.2) is 41.8 Å². The molecular formula is C10H12N6O3. The number of aromatic carboxylic acids is 1. The largest absolute Gasteiger partial charge is 0.476 e. The van der Waals surface area contributed by atoms with E-state index in [9.17, 15) is 9.59 Å². The zero-order valence-corrected chi connectivity index (χ0v) is 10.4. The predicted octanol–water partition coefficient (Wildman–Crippen LogP) is -0.343. The van der Waals surface area contributed by atoms with Gasteiger partial charge in [0.05, 0.1) is 17.6 Å². The number of carbonyl (C=O) groups excluding carboxylic acids is 1. The van der Waals surface area contributed by atoms with Crippen molar-refractivity contribution in [2.24, 2.45) is 7.05 Å². The number of carboxylic acids is 1. The molecule has 0 aromatic carbocycles. The Morgan fingerprint density at radius 2 is 2.16 bits per heavy atom. The average molecular weight is 264 g/mol. The normalized spacial score (nSPS) is 10.4. The number of amides is 1. The van der Waals surface area contributed by atoms with Crippen LogP contribution in [0.3, 0.4) is 0 Å². The maximum atomic E-state index is 11.7. The smallest absolute Gasteiger partial charge is 0.358 e. The number of nitrogens with one attached hydrogen (secondary N) is 1. The van der Waals surface area contributed by atoms with Crippen LogP contribution in [0.15, 0.2) is 12.4 Å². The van der Waals surface area contributed by atoms with Gasteiger partial charge in [-0.15, -0.1) is 5.10 Å². The highest BCUT2D eigenvalue weighted by molar-refractivity contribution is 5.91. The van der Waals surface area contributed by atoms with E-state index in [1.165, 1.54) is 6.20 Å². The number of carbonyl (C=O) groups is 2. The fourth-order valence-corrected chi connectivity index (χ4v) is 1.53. The standard InChI is InChI=1S/C10H12N6O3/c1-6-7(3-15(2)13-6)11-9(17)5-16-4-8(10(18)19)12-14-16/h3-4H,5H2,1-2H3,(H,11,17)(H,18,19). The molecular weight excluding hydrogens is 252 g/mol. The molecule has 0 spiro atoms. The van der Waals surface area contributed by atoms with E-state index in [-0.39, 0.29) is 18.1 Å². The molecule has 0 bridgehead atoms. The van der Waals surface area contributed by atoms with Gasteiger partial charge in [-0.2, -0.15) is 5.10 Å². The molecule has 2 aromatic heterocycles. The van der Waals surface area contributed by atoms with E-state index in [2.05, 4.69) is 20.7 Å². The number of aryl methyl sites for hydroxylation is 2. The second kappa shape index (κ2) is 4.88. The van der Waals surface area contributed by atoms with Crippen LogP contribution in [0, 0.1) is 6.92 Å². The van der Waals surface area contributed by atoms with E-state index < -0.39 is 5.97 Å². The zero-order chi connectivity index (χ0) is 14.0. The molecule has 0 saturated heterocycles. The molecule has 9 heteroatoms. The molecule has 0 unspecified atom stereocenters. The molecule has 2 rings (SSSR count). The van der Waals surface area contributed by atoms with E-state index in [4.69, 9.17) is 5.11 Å². The van der Waals surface area contributed by atoms with Crippen LogP contribution < -0.4 is 5.32 Å². The highest BCUT2D eigenvalue weighted by Gasteiger charge is 2.12.